The van der Waals surface area contributed by atoms with Gasteiger partial charge >= 0.3 is 0 Å². The number of amides is 1. The molecule has 0 aromatic heterocycles. The second kappa shape index (κ2) is 5.39. The van der Waals surface area contributed by atoms with Crippen LogP contribution in [0.2, 0.25) is 0 Å². The molecule has 0 saturated carbocycles. The van der Waals surface area contributed by atoms with Gasteiger partial charge < -0.3 is 4.90 Å². The van der Waals surface area contributed by atoms with Gasteiger partial charge in [-0.2, -0.15) is 0 Å². The molecule has 0 atom stereocenters. The molecule has 4 heteroatoms. The zero-order valence-electron chi connectivity index (χ0n) is 11.6. The normalized spacial score (nSPS) is 25.2. The lowest BCUT2D eigenvalue weighted by Gasteiger charge is -2.37. The number of rotatable bonds is 2. The number of nitrogens with zero attached hydrogens (tertiary/aromatic N) is 2. The second-order valence-corrected chi connectivity index (χ2v) is 6.36. The highest BCUT2D eigenvalue weighted by molar-refractivity contribution is 5.84. The van der Waals surface area contributed by atoms with Crippen molar-refractivity contribution in [1.82, 2.24) is 9.80 Å². The second-order valence-electron chi connectivity index (χ2n) is 6.36. The topological polar surface area (TPSA) is 40.6 Å². The summed E-state index contributed by atoms with van der Waals surface area (Å²) in [5.41, 5.74) is 0.428. The van der Waals surface area contributed by atoms with Crippen LogP contribution >= 0.6 is 0 Å². The monoisotopic (exact) mass is 252 g/mol. The van der Waals surface area contributed by atoms with Gasteiger partial charge in [0, 0.05) is 25.9 Å². The molecule has 2 aliphatic heterocycles. The van der Waals surface area contributed by atoms with E-state index in [0.717, 1.165) is 13.1 Å². The molecule has 4 nitrogen and oxygen atoms in total. The fourth-order valence-electron chi connectivity index (χ4n) is 2.61. The van der Waals surface area contributed by atoms with E-state index in [2.05, 4.69) is 18.7 Å². The molecule has 2 rings (SSSR count). The van der Waals surface area contributed by atoms with Gasteiger partial charge in [0.2, 0.25) is 5.91 Å². The third kappa shape index (κ3) is 3.55. The molecule has 18 heavy (non-hydrogen) atoms. The molecule has 0 spiro atoms. The van der Waals surface area contributed by atoms with Gasteiger partial charge in [-0.05, 0) is 31.3 Å². The molecule has 102 valence electrons. The van der Waals surface area contributed by atoms with Gasteiger partial charge in [0.05, 0.1) is 6.54 Å². The van der Waals surface area contributed by atoms with Gasteiger partial charge in [-0.25, -0.2) is 0 Å². The van der Waals surface area contributed by atoms with Crippen molar-refractivity contribution in [3.8, 4) is 0 Å². The Hall–Kier alpha value is -0.900. The molecule has 0 aliphatic carbocycles. The summed E-state index contributed by atoms with van der Waals surface area (Å²) in [5.74, 6) is 0.487. The fourth-order valence-corrected chi connectivity index (χ4v) is 2.61. The summed E-state index contributed by atoms with van der Waals surface area (Å²) in [6.07, 6.45) is 3.41. The maximum Gasteiger partial charge on any atom is 0.236 e. The summed E-state index contributed by atoms with van der Waals surface area (Å²) in [5, 5.41) is 0. The van der Waals surface area contributed by atoms with Crippen LogP contribution in [-0.4, -0.2) is 54.2 Å². The van der Waals surface area contributed by atoms with E-state index >= 15 is 0 Å². The summed E-state index contributed by atoms with van der Waals surface area (Å²) in [6.45, 7) is 8.40. The summed E-state index contributed by atoms with van der Waals surface area (Å²) >= 11 is 0. The number of carbonyl (C=O) groups is 2. The van der Waals surface area contributed by atoms with Crippen molar-refractivity contribution in [2.45, 2.75) is 39.5 Å². The van der Waals surface area contributed by atoms with Crippen molar-refractivity contribution in [2.75, 3.05) is 32.7 Å². The van der Waals surface area contributed by atoms with E-state index in [-0.39, 0.29) is 5.91 Å². The molecule has 2 fully saturated rings. The minimum atomic E-state index is 0.196. The number of carbonyl (C=O) groups excluding carboxylic acids is 2. The zero-order valence-corrected chi connectivity index (χ0v) is 11.6. The van der Waals surface area contributed by atoms with E-state index in [0.29, 0.717) is 43.7 Å². The van der Waals surface area contributed by atoms with Gasteiger partial charge in [0.1, 0.15) is 5.78 Å². The molecule has 1 amide bonds. The Balaban J connectivity index is 1.76. The lowest BCUT2D eigenvalue weighted by molar-refractivity contribution is -0.136. The highest BCUT2D eigenvalue weighted by Crippen LogP contribution is 2.29. The molecular formula is C14H24N2O2. The van der Waals surface area contributed by atoms with Crippen LogP contribution in [0.3, 0.4) is 0 Å². The molecule has 2 saturated heterocycles. The predicted molar refractivity (Wildman–Crippen MR) is 70.3 cm³/mol. The lowest BCUT2D eigenvalue weighted by atomic mass is 9.83. The summed E-state index contributed by atoms with van der Waals surface area (Å²) < 4.78 is 0. The lowest BCUT2D eigenvalue weighted by Crippen LogP contribution is -2.47. The highest BCUT2D eigenvalue weighted by Gasteiger charge is 2.28. The fraction of sp³-hybridized carbons (Fsp3) is 0.857. The summed E-state index contributed by atoms with van der Waals surface area (Å²) in [7, 11) is 0. The molecule has 2 aliphatic rings. The molecular weight excluding hydrogens is 228 g/mol. The molecule has 0 bridgehead atoms. The number of ketones is 1. The predicted octanol–water partition coefficient (Wildman–Crippen LogP) is 1.30. The van der Waals surface area contributed by atoms with Crippen LogP contribution in [0.25, 0.3) is 0 Å². The van der Waals surface area contributed by atoms with E-state index in [1.165, 1.54) is 12.8 Å². The van der Waals surface area contributed by atoms with Crippen LogP contribution in [-0.2, 0) is 9.59 Å². The number of Topliss-reactive ketones (excluding diaryl/α,β-unsaturated/α-hetero) is 1. The Morgan fingerprint density at radius 3 is 2.22 bits per heavy atom. The Labute approximate surface area is 109 Å². The molecule has 0 radical (unpaired) electrons. The minimum Gasteiger partial charge on any atom is -0.341 e. The maximum atomic E-state index is 12.1. The third-order valence-electron chi connectivity index (χ3n) is 4.24. The number of hydrogen-bond donors (Lipinski definition) is 0. The standard InChI is InChI=1S/C14H24N2O2/c1-14(2)5-9-15(10-6-14)11-13(18)16-7-3-12(17)4-8-16/h3-11H2,1-2H3. The van der Waals surface area contributed by atoms with Gasteiger partial charge in [-0.1, -0.05) is 13.8 Å². The quantitative estimate of drug-likeness (QED) is 0.744. The average molecular weight is 252 g/mol. The summed E-state index contributed by atoms with van der Waals surface area (Å²) in [4.78, 5) is 27.4. The van der Waals surface area contributed by atoms with E-state index in [4.69, 9.17) is 0 Å². The minimum absolute atomic E-state index is 0.196. The molecule has 0 N–H and O–H groups in total. The van der Waals surface area contributed by atoms with Crippen LogP contribution in [0.15, 0.2) is 0 Å². The van der Waals surface area contributed by atoms with Crippen LogP contribution in [0.1, 0.15) is 39.5 Å². The van der Waals surface area contributed by atoms with E-state index < -0.39 is 0 Å². The zero-order chi connectivity index (χ0) is 13.2. The molecule has 0 unspecified atom stereocenters. The first-order valence-electron chi connectivity index (χ1n) is 6.98. The molecule has 2 heterocycles. The van der Waals surface area contributed by atoms with Crippen molar-refractivity contribution in [2.24, 2.45) is 5.41 Å². The number of likely N-dealkylation sites (tertiary alicyclic amines) is 2. The van der Waals surface area contributed by atoms with Gasteiger partial charge in [-0.3, -0.25) is 14.5 Å². The van der Waals surface area contributed by atoms with Crippen molar-refractivity contribution in [3.05, 3.63) is 0 Å². The Bertz CT molecular complexity index is 319. The van der Waals surface area contributed by atoms with Crippen molar-refractivity contribution in [1.29, 1.82) is 0 Å². The Morgan fingerprint density at radius 1 is 1.11 bits per heavy atom. The largest absolute Gasteiger partial charge is 0.341 e. The van der Waals surface area contributed by atoms with Crippen LogP contribution in [0, 0.1) is 5.41 Å². The third-order valence-corrected chi connectivity index (χ3v) is 4.24. The Kier molecular flexibility index (Phi) is 4.05. The summed E-state index contributed by atoms with van der Waals surface area (Å²) in [6, 6.07) is 0. The van der Waals surface area contributed by atoms with Crippen molar-refractivity contribution in [3.63, 3.8) is 0 Å². The first kappa shape index (κ1) is 13.5. The average Bonchev–Trinajstić information content (AvgIpc) is 2.33. The molecule has 0 aromatic rings. The van der Waals surface area contributed by atoms with E-state index in [1.807, 2.05) is 4.90 Å². The van der Waals surface area contributed by atoms with Crippen LogP contribution in [0.4, 0.5) is 0 Å². The first-order chi connectivity index (χ1) is 8.46. The first-order valence-corrected chi connectivity index (χ1v) is 6.98. The van der Waals surface area contributed by atoms with Gasteiger partial charge in [-0.15, -0.1) is 0 Å². The van der Waals surface area contributed by atoms with Crippen molar-refractivity contribution < 1.29 is 9.59 Å². The van der Waals surface area contributed by atoms with Crippen molar-refractivity contribution >= 4 is 11.7 Å². The van der Waals surface area contributed by atoms with Gasteiger partial charge in [0.25, 0.3) is 0 Å². The SMILES string of the molecule is CC1(C)CCN(CC(=O)N2CCC(=O)CC2)CC1. The van der Waals surface area contributed by atoms with E-state index in [9.17, 15) is 9.59 Å². The maximum absolute atomic E-state index is 12.1. The Morgan fingerprint density at radius 2 is 1.67 bits per heavy atom. The number of piperidine rings is 2. The number of hydrogen-bond acceptors (Lipinski definition) is 3. The smallest absolute Gasteiger partial charge is 0.236 e. The van der Waals surface area contributed by atoms with Gasteiger partial charge in [0.15, 0.2) is 0 Å². The van der Waals surface area contributed by atoms with Crippen LogP contribution < -0.4 is 0 Å². The highest BCUT2D eigenvalue weighted by atomic mass is 16.2. The van der Waals surface area contributed by atoms with E-state index in [1.54, 1.807) is 0 Å². The van der Waals surface area contributed by atoms with Crippen LogP contribution in [0.5, 0.6) is 0 Å². The molecule has 0 aromatic carbocycles.